The number of rotatable bonds is 4. The van der Waals surface area contributed by atoms with Crippen molar-refractivity contribution in [3.63, 3.8) is 0 Å². The van der Waals surface area contributed by atoms with Crippen LogP contribution in [0.4, 0.5) is 10.5 Å². The van der Waals surface area contributed by atoms with Crippen molar-refractivity contribution in [2.24, 2.45) is 5.92 Å². The minimum absolute atomic E-state index is 0.121. The van der Waals surface area contributed by atoms with Crippen LogP contribution in [0.1, 0.15) is 33.6 Å². The van der Waals surface area contributed by atoms with Crippen LogP contribution in [-0.4, -0.2) is 58.1 Å². The summed E-state index contributed by atoms with van der Waals surface area (Å²) < 4.78 is 18.9. The van der Waals surface area contributed by atoms with E-state index in [9.17, 15) is 9.59 Å². The molecule has 32 heavy (non-hydrogen) atoms. The zero-order valence-electron chi connectivity index (χ0n) is 18.7. The van der Waals surface area contributed by atoms with Gasteiger partial charge in [-0.1, -0.05) is 12.1 Å². The molecule has 0 unspecified atom stereocenters. The quantitative estimate of drug-likeness (QED) is 0.781. The van der Waals surface area contributed by atoms with Crippen LogP contribution in [0, 0.1) is 5.92 Å². The molecule has 0 spiro atoms. The summed E-state index contributed by atoms with van der Waals surface area (Å²) in [7, 11) is 0. The smallest absolute Gasteiger partial charge is 0.410 e. The van der Waals surface area contributed by atoms with Crippen LogP contribution in [-0.2, 0) is 16.1 Å². The fourth-order valence-corrected chi connectivity index (χ4v) is 3.82. The molecular formula is C23H30N4O5. The van der Waals surface area contributed by atoms with Gasteiger partial charge in [0, 0.05) is 19.3 Å². The normalized spacial score (nSPS) is 20.5. The number of aromatic nitrogens is 2. The molecule has 0 bridgehead atoms. The number of nitrogens with one attached hydrogen (secondary N) is 1. The predicted molar refractivity (Wildman–Crippen MR) is 118 cm³/mol. The molecule has 1 N–H and O–H groups in total. The third-order valence-electron chi connectivity index (χ3n) is 5.30. The van der Waals surface area contributed by atoms with Gasteiger partial charge >= 0.3 is 6.09 Å². The number of hydrogen-bond acceptors (Lipinski definition) is 6. The summed E-state index contributed by atoms with van der Waals surface area (Å²) in [5.74, 6) is 1.05. The molecule has 2 aliphatic heterocycles. The van der Waals surface area contributed by atoms with Crippen molar-refractivity contribution in [1.29, 1.82) is 0 Å². The molecule has 2 atom stereocenters. The first-order chi connectivity index (χ1) is 15.3. The van der Waals surface area contributed by atoms with Gasteiger partial charge in [-0.05, 0) is 45.7 Å². The van der Waals surface area contributed by atoms with Gasteiger partial charge in [-0.3, -0.25) is 9.48 Å². The van der Waals surface area contributed by atoms with Crippen molar-refractivity contribution < 1.29 is 23.8 Å². The average molecular weight is 443 g/mol. The number of nitrogens with zero attached hydrogens (tertiary/aromatic N) is 3. The number of anilines is 1. The Balaban J connectivity index is 1.29. The zero-order valence-corrected chi connectivity index (χ0v) is 18.7. The Bertz CT molecular complexity index is 967. The minimum atomic E-state index is -0.559. The van der Waals surface area contributed by atoms with Crippen molar-refractivity contribution in [3.05, 3.63) is 36.7 Å². The largest absolute Gasteiger partial charge is 0.486 e. The summed E-state index contributed by atoms with van der Waals surface area (Å²) in [6, 6.07) is 7.56. The van der Waals surface area contributed by atoms with Crippen molar-refractivity contribution >= 4 is 17.7 Å². The number of fused-ring (bicyclic) bond motifs is 1. The number of ether oxygens (including phenoxy) is 3. The van der Waals surface area contributed by atoms with Gasteiger partial charge in [-0.15, -0.1) is 0 Å². The molecule has 172 valence electrons. The van der Waals surface area contributed by atoms with Gasteiger partial charge in [0.05, 0.1) is 24.3 Å². The van der Waals surface area contributed by atoms with Gasteiger partial charge in [0.15, 0.2) is 17.6 Å². The lowest BCUT2D eigenvalue weighted by molar-refractivity contribution is -0.121. The Kier molecular flexibility index (Phi) is 6.25. The third-order valence-corrected chi connectivity index (χ3v) is 5.30. The number of hydrogen-bond donors (Lipinski definition) is 1. The number of amides is 2. The van der Waals surface area contributed by atoms with Gasteiger partial charge in [0.1, 0.15) is 12.2 Å². The van der Waals surface area contributed by atoms with Crippen LogP contribution in [0.25, 0.3) is 0 Å². The van der Waals surface area contributed by atoms with Gasteiger partial charge in [-0.2, -0.15) is 5.10 Å². The van der Waals surface area contributed by atoms with E-state index in [1.165, 1.54) is 0 Å². The predicted octanol–water partition coefficient (Wildman–Crippen LogP) is 3.31. The Labute approximate surface area is 187 Å². The summed E-state index contributed by atoms with van der Waals surface area (Å²) in [5.41, 5.74) is 0.0530. The monoisotopic (exact) mass is 442 g/mol. The number of benzene rings is 1. The fraction of sp³-hybridized carbons (Fsp3) is 0.522. The van der Waals surface area contributed by atoms with E-state index < -0.39 is 5.60 Å². The number of para-hydroxylation sites is 2. The maximum atomic E-state index is 12.8. The molecule has 4 rings (SSSR count). The average Bonchev–Trinajstić information content (AvgIpc) is 3.19. The highest BCUT2D eigenvalue weighted by Crippen LogP contribution is 2.31. The highest BCUT2D eigenvalue weighted by Gasteiger charge is 2.31. The molecule has 1 saturated heterocycles. The fourth-order valence-electron chi connectivity index (χ4n) is 3.82. The molecule has 3 heterocycles. The van der Waals surface area contributed by atoms with E-state index >= 15 is 0 Å². The lowest BCUT2D eigenvalue weighted by Gasteiger charge is -2.33. The number of likely N-dealkylation sites (tertiary alicyclic amines) is 1. The molecule has 9 heteroatoms. The standard InChI is InChI=1S/C23H30N4O5/c1-23(2,3)32-22(29)26-10-6-7-16(12-26)21(28)25-17-11-24-27(13-17)14-18-15-30-19-8-4-5-9-20(19)31-18/h4-5,8-9,11,13,16,18H,6-7,10,12,14-15H2,1-3H3,(H,25,28)/t16-,18-/m0/s1. The molecular weight excluding hydrogens is 412 g/mol. The molecule has 1 aromatic carbocycles. The molecule has 1 fully saturated rings. The SMILES string of the molecule is CC(C)(C)OC(=O)N1CCC[C@H](C(=O)Nc2cnn(C[C@H]3COc4ccccc4O3)c2)C1. The van der Waals surface area contributed by atoms with Crippen LogP contribution >= 0.6 is 0 Å². The number of carbonyl (C=O) groups is 2. The van der Waals surface area contributed by atoms with Gasteiger partial charge in [0.2, 0.25) is 5.91 Å². The van der Waals surface area contributed by atoms with Crippen LogP contribution < -0.4 is 14.8 Å². The van der Waals surface area contributed by atoms with E-state index in [2.05, 4.69) is 10.4 Å². The summed E-state index contributed by atoms with van der Waals surface area (Å²) in [6.45, 7) is 7.38. The zero-order chi connectivity index (χ0) is 22.7. The molecule has 1 aromatic heterocycles. The minimum Gasteiger partial charge on any atom is -0.486 e. The maximum Gasteiger partial charge on any atom is 0.410 e. The van der Waals surface area contributed by atoms with Crippen LogP contribution in [0.5, 0.6) is 11.5 Å². The second-order valence-electron chi connectivity index (χ2n) is 9.20. The second-order valence-corrected chi connectivity index (χ2v) is 9.20. The Hall–Kier alpha value is -3.23. The molecule has 2 aliphatic rings. The maximum absolute atomic E-state index is 12.8. The van der Waals surface area contributed by atoms with Gasteiger partial charge < -0.3 is 24.4 Å². The topological polar surface area (TPSA) is 94.9 Å². The molecule has 0 aliphatic carbocycles. The van der Waals surface area contributed by atoms with Crippen LogP contribution in [0.15, 0.2) is 36.7 Å². The van der Waals surface area contributed by atoms with Crippen molar-refractivity contribution in [1.82, 2.24) is 14.7 Å². The van der Waals surface area contributed by atoms with Crippen molar-refractivity contribution in [3.8, 4) is 11.5 Å². The number of carbonyl (C=O) groups excluding carboxylic acids is 2. The van der Waals surface area contributed by atoms with E-state index in [1.54, 1.807) is 22.0 Å². The van der Waals surface area contributed by atoms with Crippen molar-refractivity contribution in [2.75, 3.05) is 25.0 Å². The molecule has 2 aromatic rings. The summed E-state index contributed by atoms with van der Waals surface area (Å²) >= 11 is 0. The van der Waals surface area contributed by atoms with E-state index in [0.717, 1.165) is 24.3 Å². The summed E-state index contributed by atoms with van der Waals surface area (Å²) in [5, 5.41) is 7.25. The lowest BCUT2D eigenvalue weighted by atomic mass is 9.97. The highest BCUT2D eigenvalue weighted by atomic mass is 16.6. The Morgan fingerprint density at radius 3 is 2.81 bits per heavy atom. The van der Waals surface area contributed by atoms with E-state index in [-0.39, 0.29) is 24.0 Å². The first-order valence-electron chi connectivity index (χ1n) is 11.0. The molecule has 0 saturated carbocycles. The first kappa shape index (κ1) is 22.0. The van der Waals surface area contributed by atoms with E-state index in [4.69, 9.17) is 14.2 Å². The second kappa shape index (κ2) is 9.10. The van der Waals surface area contributed by atoms with E-state index in [0.29, 0.717) is 31.9 Å². The summed E-state index contributed by atoms with van der Waals surface area (Å²) in [6.07, 6.45) is 4.33. The lowest BCUT2D eigenvalue weighted by Crippen LogP contribution is -2.45. The molecule has 0 radical (unpaired) electrons. The van der Waals surface area contributed by atoms with Crippen LogP contribution in [0.3, 0.4) is 0 Å². The summed E-state index contributed by atoms with van der Waals surface area (Å²) in [4.78, 5) is 26.7. The first-order valence-corrected chi connectivity index (χ1v) is 11.0. The molecule has 9 nitrogen and oxygen atoms in total. The Morgan fingerprint density at radius 1 is 1.25 bits per heavy atom. The third kappa shape index (κ3) is 5.52. The molecule has 2 amide bonds. The van der Waals surface area contributed by atoms with Crippen LogP contribution in [0.2, 0.25) is 0 Å². The number of piperidine rings is 1. The van der Waals surface area contributed by atoms with Gasteiger partial charge in [-0.25, -0.2) is 4.79 Å². The van der Waals surface area contributed by atoms with E-state index in [1.807, 2.05) is 45.0 Å². The Morgan fingerprint density at radius 2 is 2.03 bits per heavy atom. The van der Waals surface area contributed by atoms with Gasteiger partial charge in [0.25, 0.3) is 0 Å². The van der Waals surface area contributed by atoms with Crippen molar-refractivity contribution in [2.45, 2.75) is 51.9 Å². The highest BCUT2D eigenvalue weighted by molar-refractivity contribution is 5.92.